The molecule has 5 N–H and O–H groups in total. The van der Waals surface area contributed by atoms with Crippen molar-refractivity contribution in [1.29, 1.82) is 0 Å². The van der Waals surface area contributed by atoms with Gasteiger partial charge in [-0.25, -0.2) is 4.79 Å². The van der Waals surface area contributed by atoms with Crippen molar-refractivity contribution >= 4 is 23.8 Å². The SMILES string of the molecule is C[C@@H](N)C(=O)N1CCC[C@H]1C(=O)N[C@@H](CCC(=O)O)C(=O)O. The van der Waals surface area contributed by atoms with E-state index in [-0.39, 0.29) is 18.7 Å². The van der Waals surface area contributed by atoms with E-state index in [4.69, 9.17) is 15.9 Å². The van der Waals surface area contributed by atoms with Gasteiger partial charge in [0, 0.05) is 13.0 Å². The number of hydrogen-bond acceptors (Lipinski definition) is 5. The van der Waals surface area contributed by atoms with Gasteiger partial charge in [-0.2, -0.15) is 0 Å². The summed E-state index contributed by atoms with van der Waals surface area (Å²) in [5, 5.41) is 19.9. The van der Waals surface area contributed by atoms with Gasteiger partial charge in [0.2, 0.25) is 11.8 Å². The molecule has 3 atom stereocenters. The van der Waals surface area contributed by atoms with Crippen LogP contribution in [0.15, 0.2) is 0 Å². The molecule has 0 spiro atoms. The Kier molecular flexibility index (Phi) is 6.29. The average Bonchev–Trinajstić information content (AvgIpc) is 2.90. The van der Waals surface area contributed by atoms with Crippen LogP contribution in [0.2, 0.25) is 0 Å². The first kappa shape index (κ1) is 17.9. The molecule has 1 heterocycles. The van der Waals surface area contributed by atoms with Crippen LogP contribution >= 0.6 is 0 Å². The smallest absolute Gasteiger partial charge is 0.326 e. The van der Waals surface area contributed by atoms with Crippen LogP contribution in [0.4, 0.5) is 0 Å². The second-order valence-corrected chi connectivity index (χ2v) is 5.31. The highest BCUT2D eigenvalue weighted by Gasteiger charge is 2.36. The summed E-state index contributed by atoms with van der Waals surface area (Å²) in [7, 11) is 0. The normalized spacial score (nSPS) is 20.3. The summed E-state index contributed by atoms with van der Waals surface area (Å²) in [6.07, 6.45) is 0.466. The molecule has 9 heteroatoms. The van der Waals surface area contributed by atoms with Crippen LogP contribution in [0.1, 0.15) is 32.6 Å². The summed E-state index contributed by atoms with van der Waals surface area (Å²) in [6.45, 7) is 1.91. The lowest BCUT2D eigenvalue weighted by molar-refractivity contribution is -0.144. The molecule has 0 radical (unpaired) electrons. The van der Waals surface area contributed by atoms with E-state index in [9.17, 15) is 19.2 Å². The van der Waals surface area contributed by atoms with E-state index < -0.39 is 36.0 Å². The van der Waals surface area contributed by atoms with Gasteiger partial charge in [-0.3, -0.25) is 14.4 Å². The molecule has 124 valence electrons. The third-order valence-electron chi connectivity index (χ3n) is 3.49. The topological polar surface area (TPSA) is 150 Å². The summed E-state index contributed by atoms with van der Waals surface area (Å²) in [5.74, 6) is -3.41. The maximum absolute atomic E-state index is 12.2. The molecule has 0 saturated carbocycles. The maximum Gasteiger partial charge on any atom is 0.326 e. The molecule has 1 saturated heterocycles. The molecule has 0 aromatic heterocycles. The van der Waals surface area contributed by atoms with Gasteiger partial charge >= 0.3 is 11.9 Å². The first-order valence-electron chi connectivity index (χ1n) is 7.05. The Morgan fingerprint density at radius 1 is 1.32 bits per heavy atom. The third-order valence-corrected chi connectivity index (χ3v) is 3.49. The fraction of sp³-hybridized carbons (Fsp3) is 0.692. The van der Waals surface area contributed by atoms with Gasteiger partial charge < -0.3 is 26.2 Å². The number of carboxylic acids is 2. The first-order chi connectivity index (χ1) is 10.2. The van der Waals surface area contributed by atoms with Crippen molar-refractivity contribution in [2.75, 3.05) is 6.54 Å². The van der Waals surface area contributed by atoms with Gasteiger partial charge in [-0.15, -0.1) is 0 Å². The Hall–Kier alpha value is -2.16. The van der Waals surface area contributed by atoms with E-state index in [2.05, 4.69) is 5.32 Å². The van der Waals surface area contributed by atoms with E-state index in [1.54, 1.807) is 0 Å². The van der Waals surface area contributed by atoms with Crippen LogP contribution in [0, 0.1) is 0 Å². The number of aliphatic carboxylic acids is 2. The predicted octanol–water partition coefficient (Wildman–Crippen LogP) is -1.24. The maximum atomic E-state index is 12.2. The number of nitrogens with one attached hydrogen (secondary N) is 1. The minimum atomic E-state index is -1.31. The molecule has 1 aliphatic heterocycles. The number of rotatable bonds is 7. The monoisotopic (exact) mass is 315 g/mol. The number of carboxylic acid groups (broad SMARTS) is 2. The van der Waals surface area contributed by atoms with Crippen molar-refractivity contribution < 1.29 is 29.4 Å². The highest BCUT2D eigenvalue weighted by atomic mass is 16.4. The molecular weight excluding hydrogens is 294 g/mol. The lowest BCUT2D eigenvalue weighted by atomic mass is 10.1. The highest BCUT2D eigenvalue weighted by molar-refractivity contribution is 5.92. The van der Waals surface area contributed by atoms with Crippen molar-refractivity contribution in [2.45, 2.75) is 50.7 Å². The Morgan fingerprint density at radius 2 is 1.95 bits per heavy atom. The van der Waals surface area contributed by atoms with Crippen molar-refractivity contribution in [3.05, 3.63) is 0 Å². The van der Waals surface area contributed by atoms with Crippen LogP contribution in [-0.4, -0.2) is 63.5 Å². The lowest BCUT2D eigenvalue weighted by Gasteiger charge is -2.26. The molecule has 0 bridgehead atoms. The van der Waals surface area contributed by atoms with Crippen molar-refractivity contribution in [3.8, 4) is 0 Å². The Bertz CT molecular complexity index is 465. The van der Waals surface area contributed by atoms with Crippen LogP contribution in [0.3, 0.4) is 0 Å². The third kappa shape index (κ3) is 4.69. The summed E-state index contributed by atoms with van der Waals surface area (Å²) in [5.41, 5.74) is 5.53. The standard InChI is InChI=1S/C13H21N3O6/c1-7(14)12(20)16-6-2-3-9(16)11(19)15-8(13(21)22)4-5-10(17)18/h7-9H,2-6,14H2,1H3,(H,15,19)(H,17,18)(H,21,22)/t7-,8+,9+/m1/s1. The number of carbonyl (C=O) groups excluding carboxylic acids is 2. The molecule has 9 nitrogen and oxygen atoms in total. The van der Waals surface area contributed by atoms with Gasteiger partial charge in [-0.05, 0) is 26.2 Å². The highest BCUT2D eigenvalue weighted by Crippen LogP contribution is 2.18. The van der Waals surface area contributed by atoms with Crippen LogP contribution in [-0.2, 0) is 19.2 Å². The van der Waals surface area contributed by atoms with E-state index in [1.807, 2.05) is 0 Å². The Morgan fingerprint density at radius 3 is 2.45 bits per heavy atom. The van der Waals surface area contributed by atoms with Gasteiger partial charge in [0.1, 0.15) is 12.1 Å². The van der Waals surface area contributed by atoms with E-state index in [0.29, 0.717) is 19.4 Å². The van der Waals surface area contributed by atoms with Crippen LogP contribution < -0.4 is 11.1 Å². The Balaban J connectivity index is 2.70. The second kappa shape index (κ2) is 7.74. The van der Waals surface area contributed by atoms with Crippen LogP contribution in [0.25, 0.3) is 0 Å². The fourth-order valence-electron chi connectivity index (χ4n) is 2.36. The first-order valence-corrected chi connectivity index (χ1v) is 7.05. The summed E-state index contributed by atoms with van der Waals surface area (Å²) in [6, 6.07) is -2.79. The lowest BCUT2D eigenvalue weighted by Crippen LogP contribution is -2.53. The van der Waals surface area contributed by atoms with Crippen molar-refractivity contribution in [1.82, 2.24) is 10.2 Å². The zero-order chi connectivity index (χ0) is 16.9. The predicted molar refractivity (Wildman–Crippen MR) is 74.8 cm³/mol. The molecule has 1 fully saturated rings. The van der Waals surface area contributed by atoms with Gasteiger partial charge in [-0.1, -0.05) is 0 Å². The quantitative estimate of drug-likeness (QED) is 0.459. The zero-order valence-electron chi connectivity index (χ0n) is 12.3. The minimum absolute atomic E-state index is 0.218. The molecule has 0 aliphatic carbocycles. The number of hydrogen-bond donors (Lipinski definition) is 4. The molecule has 2 amide bonds. The average molecular weight is 315 g/mol. The number of carbonyl (C=O) groups is 4. The molecule has 0 aromatic carbocycles. The van der Waals surface area contributed by atoms with Crippen molar-refractivity contribution in [2.24, 2.45) is 5.73 Å². The zero-order valence-corrected chi connectivity index (χ0v) is 12.3. The number of nitrogens with zero attached hydrogens (tertiary/aromatic N) is 1. The van der Waals surface area contributed by atoms with Crippen molar-refractivity contribution in [3.63, 3.8) is 0 Å². The van der Waals surface area contributed by atoms with Gasteiger partial charge in [0.05, 0.1) is 6.04 Å². The molecule has 1 rings (SSSR count). The molecule has 0 aromatic rings. The molecule has 1 aliphatic rings. The van der Waals surface area contributed by atoms with Gasteiger partial charge in [0.15, 0.2) is 0 Å². The van der Waals surface area contributed by atoms with E-state index in [0.717, 1.165) is 0 Å². The number of amides is 2. The molecular formula is C13H21N3O6. The Labute approximate surface area is 127 Å². The van der Waals surface area contributed by atoms with Crippen LogP contribution in [0.5, 0.6) is 0 Å². The van der Waals surface area contributed by atoms with E-state index >= 15 is 0 Å². The van der Waals surface area contributed by atoms with E-state index in [1.165, 1.54) is 11.8 Å². The molecule has 0 unspecified atom stereocenters. The minimum Gasteiger partial charge on any atom is -0.481 e. The summed E-state index contributed by atoms with van der Waals surface area (Å²) in [4.78, 5) is 47.0. The summed E-state index contributed by atoms with van der Waals surface area (Å²) < 4.78 is 0. The molecule has 22 heavy (non-hydrogen) atoms. The number of nitrogens with two attached hydrogens (primary N) is 1. The largest absolute Gasteiger partial charge is 0.481 e. The second-order valence-electron chi connectivity index (χ2n) is 5.31. The fourth-order valence-corrected chi connectivity index (χ4v) is 2.36. The number of likely N-dealkylation sites (tertiary alicyclic amines) is 1. The summed E-state index contributed by atoms with van der Waals surface area (Å²) >= 11 is 0. The van der Waals surface area contributed by atoms with Gasteiger partial charge in [0.25, 0.3) is 0 Å².